The van der Waals surface area contributed by atoms with Gasteiger partial charge in [0.25, 0.3) is 0 Å². The Morgan fingerprint density at radius 1 is 1.18 bits per heavy atom. The van der Waals surface area contributed by atoms with Crippen molar-refractivity contribution in [1.82, 2.24) is 0 Å². The smallest absolute Gasteiger partial charge is 0.227 e. The van der Waals surface area contributed by atoms with E-state index < -0.39 is 12.2 Å². The minimum absolute atomic E-state index is 0.0336. The van der Waals surface area contributed by atoms with Crippen molar-refractivity contribution in [3.63, 3.8) is 0 Å². The molecule has 2 aromatic carbocycles. The molecule has 0 radical (unpaired) electrons. The molecule has 1 fully saturated rings. The number of aliphatic hydroxyl groups is 2. The molecule has 2 aromatic rings. The van der Waals surface area contributed by atoms with Gasteiger partial charge in [0.1, 0.15) is 30.4 Å². The van der Waals surface area contributed by atoms with Gasteiger partial charge in [-0.05, 0) is 90.8 Å². The molecule has 6 unspecified atom stereocenters. The van der Waals surface area contributed by atoms with E-state index in [0.717, 1.165) is 54.0 Å². The summed E-state index contributed by atoms with van der Waals surface area (Å²) in [6.07, 6.45) is 10.5. The van der Waals surface area contributed by atoms with Crippen LogP contribution in [0.1, 0.15) is 99.6 Å². The van der Waals surface area contributed by atoms with Gasteiger partial charge in [-0.2, -0.15) is 0 Å². The van der Waals surface area contributed by atoms with Crippen molar-refractivity contribution in [3.8, 4) is 11.5 Å². The second kappa shape index (κ2) is 12.8. The number of nitrogens with two attached hydrogens (primary N) is 1. The molecular weight excluding hydrogens is 616 g/mol. The number of phenols is 1. The molecule has 6 aliphatic rings. The van der Waals surface area contributed by atoms with Crippen molar-refractivity contribution < 1.29 is 29.8 Å². The largest absolute Gasteiger partial charge is 0.504 e. The number of aryl methyl sites for hydroxylation is 1. The zero-order valence-corrected chi connectivity index (χ0v) is 28.3. The maximum Gasteiger partial charge on any atom is 0.227 e. The highest BCUT2D eigenvalue weighted by Gasteiger charge is 2.56. The van der Waals surface area contributed by atoms with E-state index in [4.69, 9.17) is 20.5 Å². The van der Waals surface area contributed by atoms with E-state index in [9.17, 15) is 20.1 Å². The summed E-state index contributed by atoms with van der Waals surface area (Å²) < 4.78 is 6.20. The van der Waals surface area contributed by atoms with Gasteiger partial charge in [0.2, 0.25) is 6.73 Å². The zero-order chi connectivity index (χ0) is 33.9. The predicted molar refractivity (Wildman–Crippen MR) is 188 cm³/mol. The second-order valence-electron chi connectivity index (χ2n) is 14.8. The topological polar surface area (TPSA) is 142 Å². The molecule has 9 heteroatoms. The summed E-state index contributed by atoms with van der Waals surface area (Å²) in [6, 6.07) is 11.9. The van der Waals surface area contributed by atoms with Gasteiger partial charge in [-0.25, -0.2) is 0 Å². The number of hydrogen-bond acceptors (Lipinski definition) is 8. The van der Waals surface area contributed by atoms with Gasteiger partial charge in [-0.15, -0.1) is 0 Å². The summed E-state index contributed by atoms with van der Waals surface area (Å²) in [7, 11) is 0. The molecule has 8 rings (SSSR count). The molecule has 6 atom stereocenters. The minimum Gasteiger partial charge on any atom is -0.504 e. The number of aromatic hydroxyl groups is 1. The third-order valence-electron chi connectivity index (χ3n) is 11.7. The maximum absolute atomic E-state index is 12.5. The van der Waals surface area contributed by atoms with Crippen LogP contribution in [0.15, 0.2) is 75.0 Å². The normalized spacial score (nSPS) is 27.1. The molecule has 0 amide bonds. The second-order valence-corrected chi connectivity index (χ2v) is 14.8. The molecule has 0 spiro atoms. The van der Waals surface area contributed by atoms with Crippen molar-refractivity contribution in [2.45, 2.75) is 101 Å². The van der Waals surface area contributed by atoms with Crippen molar-refractivity contribution in [3.05, 3.63) is 87.3 Å². The van der Waals surface area contributed by atoms with Gasteiger partial charge >= 0.3 is 0 Å². The Hall–Kier alpha value is -3.89. The Morgan fingerprint density at radius 3 is 2.92 bits per heavy atom. The van der Waals surface area contributed by atoms with Crippen LogP contribution in [0.5, 0.6) is 11.5 Å². The fraction of sp³-hybridized carbons (Fsp3) is 0.475. The van der Waals surface area contributed by atoms with Gasteiger partial charge in [0, 0.05) is 41.3 Å². The Morgan fingerprint density at radius 2 is 2.06 bits per heavy atom. The number of carbonyl (C=O) groups is 1. The molecule has 3 aliphatic carbocycles. The fourth-order valence-corrected chi connectivity index (χ4v) is 9.63. The van der Waals surface area contributed by atoms with E-state index in [1.54, 1.807) is 23.8 Å². The Labute approximate surface area is 287 Å². The predicted octanol–water partition coefficient (Wildman–Crippen LogP) is 4.36. The van der Waals surface area contributed by atoms with Crippen LogP contribution in [-0.2, 0) is 16.6 Å². The minimum atomic E-state index is -0.835. The van der Waals surface area contributed by atoms with Crippen molar-refractivity contribution in [2.75, 3.05) is 13.3 Å². The van der Waals surface area contributed by atoms with Crippen LogP contribution in [0.4, 0.5) is 0 Å². The van der Waals surface area contributed by atoms with Gasteiger partial charge < -0.3 is 25.8 Å². The third-order valence-corrected chi connectivity index (χ3v) is 11.7. The highest BCUT2D eigenvalue weighted by atomic mass is 16.5. The number of quaternary nitrogens is 1. The Balaban J connectivity index is 0.968. The molecular formula is C40H47N4O5+. The number of ketones is 1. The number of hydrogen-bond donors (Lipinski definition) is 5. The van der Waals surface area contributed by atoms with Crippen molar-refractivity contribution in [1.29, 1.82) is 0 Å². The Bertz CT molecular complexity index is 1860. The summed E-state index contributed by atoms with van der Waals surface area (Å²) in [5.74, 6) is 0.847. The fourth-order valence-electron chi connectivity index (χ4n) is 9.63. The van der Waals surface area contributed by atoms with Crippen LogP contribution in [-0.4, -0.2) is 58.5 Å². The van der Waals surface area contributed by atoms with Crippen molar-refractivity contribution in [2.24, 2.45) is 21.6 Å². The lowest BCUT2D eigenvalue weighted by molar-refractivity contribution is -0.855. The van der Waals surface area contributed by atoms with Crippen LogP contribution >= 0.6 is 0 Å². The molecule has 3 aliphatic heterocycles. The average molecular weight is 664 g/mol. The number of aliphatic hydroxyl groups excluding tert-OH is 2. The van der Waals surface area contributed by atoms with E-state index in [1.165, 1.54) is 46.4 Å². The number of aliphatic imine (C=N–C) groups is 2. The molecule has 1 saturated carbocycles. The number of allylic oxidation sites excluding steroid dienone is 3. The van der Waals surface area contributed by atoms with E-state index in [-0.39, 0.29) is 42.4 Å². The van der Waals surface area contributed by atoms with E-state index >= 15 is 0 Å². The van der Waals surface area contributed by atoms with Crippen LogP contribution in [0.25, 0.3) is 5.57 Å². The van der Waals surface area contributed by atoms with Crippen LogP contribution < -0.4 is 15.4 Å². The summed E-state index contributed by atoms with van der Waals surface area (Å²) in [5, 5.41) is 30.8. The lowest BCUT2D eigenvalue weighted by atomic mass is 9.58. The first kappa shape index (κ1) is 32.3. The van der Waals surface area contributed by atoms with Crippen LogP contribution in [0.2, 0.25) is 0 Å². The average Bonchev–Trinajstić information content (AvgIpc) is 3.87. The molecule has 0 saturated heterocycles. The summed E-state index contributed by atoms with van der Waals surface area (Å²) in [4.78, 5) is 23.5. The molecule has 3 heterocycles. The van der Waals surface area contributed by atoms with Crippen LogP contribution in [0, 0.1) is 5.92 Å². The number of nitrogens with zero attached hydrogens (tertiary/aromatic N) is 2. The van der Waals surface area contributed by atoms with Gasteiger partial charge in [0.15, 0.2) is 11.5 Å². The summed E-state index contributed by atoms with van der Waals surface area (Å²) in [5.41, 5.74) is 19.1. The third kappa shape index (κ3) is 5.51. The first-order valence-corrected chi connectivity index (χ1v) is 18.1. The molecule has 9 nitrogen and oxygen atoms in total. The van der Waals surface area contributed by atoms with E-state index in [2.05, 4.69) is 30.6 Å². The molecule has 6 N–H and O–H groups in total. The first-order chi connectivity index (χ1) is 23.8. The Kier molecular flexibility index (Phi) is 8.43. The number of rotatable bonds is 13. The number of nitrogens with one attached hydrogen (secondary N) is 1. The quantitative estimate of drug-likeness (QED) is 0.216. The number of Topliss-reactive ketones (excluding diaryl/α,β-unsaturated/α-hetero) is 1. The molecule has 0 bridgehead atoms. The lowest BCUT2D eigenvalue weighted by Gasteiger charge is -2.45. The maximum atomic E-state index is 12.5. The van der Waals surface area contributed by atoms with E-state index in [0.29, 0.717) is 31.2 Å². The lowest BCUT2D eigenvalue weighted by Crippen LogP contribution is -3.07. The van der Waals surface area contributed by atoms with E-state index in [1.807, 2.05) is 6.92 Å². The zero-order valence-electron chi connectivity index (χ0n) is 28.3. The molecule has 49 heavy (non-hydrogen) atoms. The van der Waals surface area contributed by atoms with Crippen molar-refractivity contribution >= 4 is 23.3 Å². The summed E-state index contributed by atoms with van der Waals surface area (Å²) >= 11 is 0. The van der Waals surface area contributed by atoms with Gasteiger partial charge in [0.05, 0.1) is 12.2 Å². The van der Waals surface area contributed by atoms with Gasteiger partial charge in [-0.1, -0.05) is 49.6 Å². The number of benzene rings is 2. The highest BCUT2D eigenvalue weighted by molar-refractivity contribution is 6.29. The first-order valence-electron chi connectivity index (χ1n) is 18.1. The molecule has 256 valence electrons. The number of phenolic OH excluding ortho intramolecular Hbond substituents is 1. The number of fused-ring (bicyclic) bond motifs is 4. The van der Waals surface area contributed by atoms with Crippen LogP contribution in [0.3, 0.4) is 0 Å². The number of carbonyl (C=O) groups excluding carboxylic acids is 1. The number of ether oxygens (including phenoxy) is 1. The van der Waals surface area contributed by atoms with Gasteiger partial charge in [-0.3, -0.25) is 19.7 Å². The molecule has 0 aromatic heterocycles. The highest BCUT2D eigenvalue weighted by Crippen LogP contribution is 2.63. The summed E-state index contributed by atoms with van der Waals surface area (Å²) in [6.45, 7) is 3.07. The monoisotopic (exact) mass is 663 g/mol. The standard InChI is InChI=1S/C40H46N4O5/c1-2-5-24(45)17-26(47)18-25(46)11-9-23-10-14-35(48)36(16-23)49-22-44-20-29-32(19-42-34(29)21-44)40-15-4-8-30(40)27-12-13-33-38(27)37-28(39(41)43-33)6-3-7-31(37)40/h3,6-7,10,14,16,19,21,24,26,30,39,45,47-48H,2,4-5,8-9,11-13,15,17-18,20,22,41H2,1H3/p+1. The SMILES string of the molecule is CCCC(O)CC(O)CC(=O)CCc1ccc(O)c(OC[NH+]2C=C3N=CC(C45CCCC4C4=C6C(=NC(N)c7cccc5c76)CC4)=C3C2)c1.